The van der Waals surface area contributed by atoms with Gasteiger partial charge in [-0.1, -0.05) is 44.9 Å². The number of rotatable bonds is 1. The van der Waals surface area contributed by atoms with Crippen LogP contribution in [0.1, 0.15) is 57.8 Å². The Morgan fingerprint density at radius 2 is 1.00 bits per heavy atom. The van der Waals surface area contributed by atoms with Gasteiger partial charge in [0.15, 0.2) is 0 Å². The summed E-state index contributed by atoms with van der Waals surface area (Å²) in [5.41, 5.74) is 0. The average molecular weight is 178 g/mol. The van der Waals surface area contributed by atoms with Crippen LogP contribution in [-0.4, -0.2) is 0 Å². The van der Waals surface area contributed by atoms with Gasteiger partial charge in [-0.25, -0.2) is 0 Å². The lowest BCUT2D eigenvalue weighted by Gasteiger charge is -2.21. The van der Waals surface area contributed by atoms with Crippen molar-refractivity contribution in [1.82, 2.24) is 0 Å². The molecular weight excluding hydrogens is 156 g/mol. The van der Waals surface area contributed by atoms with E-state index >= 15 is 0 Å². The number of hydrogen-bond donors (Lipinski definition) is 0. The van der Waals surface area contributed by atoms with Gasteiger partial charge in [0, 0.05) is 0 Å². The summed E-state index contributed by atoms with van der Waals surface area (Å²) in [6.07, 6.45) is 14.2. The first-order chi connectivity index (χ1) is 6.43. The fourth-order valence-electron chi connectivity index (χ4n) is 3.96. The van der Waals surface area contributed by atoms with Crippen LogP contribution in [0.3, 0.4) is 0 Å². The van der Waals surface area contributed by atoms with Crippen molar-refractivity contribution in [3.05, 3.63) is 0 Å². The van der Waals surface area contributed by atoms with Gasteiger partial charge in [0.05, 0.1) is 0 Å². The summed E-state index contributed by atoms with van der Waals surface area (Å²) < 4.78 is 0. The molecule has 3 aliphatic rings. The first kappa shape index (κ1) is 8.32. The normalized spacial score (nSPS) is 45.7. The van der Waals surface area contributed by atoms with Gasteiger partial charge >= 0.3 is 0 Å². The van der Waals surface area contributed by atoms with E-state index in [9.17, 15) is 0 Å². The van der Waals surface area contributed by atoms with Crippen molar-refractivity contribution >= 4 is 0 Å². The molecule has 0 amide bonds. The Labute approximate surface area is 82.1 Å². The SMILES string of the molecule is C1CCC(C2CCCC3CC3C2)C1. The maximum absolute atomic E-state index is 1.62. The summed E-state index contributed by atoms with van der Waals surface area (Å²) in [6.45, 7) is 0. The molecule has 3 atom stereocenters. The maximum atomic E-state index is 1.62. The van der Waals surface area contributed by atoms with E-state index in [0.29, 0.717) is 0 Å². The molecule has 3 aliphatic carbocycles. The molecule has 0 heterocycles. The molecule has 13 heavy (non-hydrogen) atoms. The molecule has 74 valence electrons. The molecular formula is C13H22. The van der Waals surface area contributed by atoms with Crippen LogP contribution >= 0.6 is 0 Å². The molecule has 0 spiro atoms. The van der Waals surface area contributed by atoms with E-state index in [1.54, 1.807) is 44.9 Å². The molecule has 3 unspecified atom stereocenters. The van der Waals surface area contributed by atoms with Crippen molar-refractivity contribution in [2.75, 3.05) is 0 Å². The predicted octanol–water partition coefficient (Wildman–Crippen LogP) is 4.00. The first-order valence-electron chi connectivity index (χ1n) is 6.43. The molecule has 3 fully saturated rings. The van der Waals surface area contributed by atoms with Gasteiger partial charge in [0.1, 0.15) is 0 Å². The highest BCUT2D eigenvalue weighted by molar-refractivity contribution is 4.92. The minimum atomic E-state index is 1.15. The predicted molar refractivity (Wildman–Crippen MR) is 55.5 cm³/mol. The van der Waals surface area contributed by atoms with Crippen LogP contribution in [0.15, 0.2) is 0 Å². The summed E-state index contributed by atoms with van der Waals surface area (Å²) in [6, 6.07) is 0. The van der Waals surface area contributed by atoms with Crippen molar-refractivity contribution in [1.29, 1.82) is 0 Å². The summed E-state index contributed by atoms with van der Waals surface area (Å²) in [7, 11) is 0. The average Bonchev–Trinajstić information content (AvgIpc) is 2.66. The fourth-order valence-corrected chi connectivity index (χ4v) is 3.96. The minimum Gasteiger partial charge on any atom is -0.0530 e. The molecule has 0 N–H and O–H groups in total. The van der Waals surface area contributed by atoms with Crippen molar-refractivity contribution in [2.24, 2.45) is 23.7 Å². The van der Waals surface area contributed by atoms with E-state index in [0.717, 1.165) is 11.8 Å². The van der Waals surface area contributed by atoms with Gasteiger partial charge in [-0.2, -0.15) is 0 Å². The van der Waals surface area contributed by atoms with Gasteiger partial charge in [0.25, 0.3) is 0 Å². The van der Waals surface area contributed by atoms with Gasteiger partial charge in [-0.15, -0.1) is 0 Å². The second-order valence-corrected chi connectivity index (χ2v) is 5.73. The highest BCUT2D eigenvalue weighted by Crippen LogP contribution is 2.52. The van der Waals surface area contributed by atoms with E-state index in [2.05, 4.69) is 0 Å². The lowest BCUT2D eigenvalue weighted by Crippen LogP contribution is -2.11. The quantitative estimate of drug-likeness (QED) is 0.569. The zero-order valence-corrected chi connectivity index (χ0v) is 8.67. The van der Waals surface area contributed by atoms with Crippen molar-refractivity contribution in [3.63, 3.8) is 0 Å². The Bertz CT molecular complexity index is 178. The summed E-state index contributed by atoms with van der Waals surface area (Å²) >= 11 is 0. The van der Waals surface area contributed by atoms with E-state index in [1.807, 2.05) is 0 Å². The molecule has 0 aromatic heterocycles. The lowest BCUT2D eigenvalue weighted by molar-refractivity contribution is 0.291. The Hall–Kier alpha value is 0. The smallest absolute Gasteiger partial charge is 0.0380 e. The summed E-state index contributed by atoms with van der Waals surface area (Å²) in [4.78, 5) is 0. The van der Waals surface area contributed by atoms with Gasteiger partial charge in [-0.05, 0) is 36.5 Å². The zero-order chi connectivity index (χ0) is 8.67. The van der Waals surface area contributed by atoms with E-state index in [4.69, 9.17) is 0 Å². The zero-order valence-electron chi connectivity index (χ0n) is 8.67. The second-order valence-electron chi connectivity index (χ2n) is 5.73. The molecule has 0 saturated heterocycles. The number of hydrogen-bond acceptors (Lipinski definition) is 0. The third kappa shape index (κ3) is 1.65. The van der Waals surface area contributed by atoms with Gasteiger partial charge in [0.2, 0.25) is 0 Å². The summed E-state index contributed by atoms with van der Waals surface area (Å²) in [5.74, 6) is 4.68. The maximum Gasteiger partial charge on any atom is -0.0380 e. The van der Waals surface area contributed by atoms with Crippen molar-refractivity contribution < 1.29 is 0 Å². The molecule has 0 aromatic rings. The molecule has 3 saturated carbocycles. The highest BCUT2D eigenvalue weighted by Gasteiger charge is 2.41. The molecule has 0 aliphatic heterocycles. The first-order valence-corrected chi connectivity index (χ1v) is 6.43. The van der Waals surface area contributed by atoms with Crippen LogP contribution in [0.2, 0.25) is 0 Å². The molecule has 0 bridgehead atoms. The fraction of sp³-hybridized carbons (Fsp3) is 1.00. The Balaban J connectivity index is 1.61. The largest absolute Gasteiger partial charge is 0.0530 e. The molecule has 3 rings (SSSR count). The van der Waals surface area contributed by atoms with Gasteiger partial charge in [-0.3, -0.25) is 0 Å². The van der Waals surface area contributed by atoms with Crippen molar-refractivity contribution in [2.45, 2.75) is 57.8 Å². The molecule has 0 heteroatoms. The molecule has 0 radical (unpaired) electrons. The van der Waals surface area contributed by atoms with Gasteiger partial charge < -0.3 is 0 Å². The third-order valence-electron chi connectivity index (χ3n) is 4.89. The lowest BCUT2D eigenvalue weighted by atomic mass is 9.84. The van der Waals surface area contributed by atoms with Crippen molar-refractivity contribution in [3.8, 4) is 0 Å². The highest BCUT2D eigenvalue weighted by atomic mass is 14.5. The van der Waals surface area contributed by atoms with Crippen LogP contribution in [0, 0.1) is 23.7 Å². The van der Waals surface area contributed by atoms with E-state index in [1.165, 1.54) is 24.7 Å². The van der Waals surface area contributed by atoms with Crippen LogP contribution in [0.4, 0.5) is 0 Å². The second kappa shape index (κ2) is 3.29. The topological polar surface area (TPSA) is 0 Å². The molecule has 0 nitrogen and oxygen atoms in total. The molecule has 0 aromatic carbocycles. The Morgan fingerprint density at radius 3 is 1.69 bits per heavy atom. The standard InChI is InChI=1S/C13H22/c1-2-5-10(4-1)11-6-3-7-12-9-13(12)8-11/h10-13H,1-9H2. The van der Waals surface area contributed by atoms with Crippen LogP contribution < -0.4 is 0 Å². The Morgan fingerprint density at radius 1 is 0.462 bits per heavy atom. The monoisotopic (exact) mass is 178 g/mol. The van der Waals surface area contributed by atoms with Crippen LogP contribution in [-0.2, 0) is 0 Å². The minimum absolute atomic E-state index is 1.15. The van der Waals surface area contributed by atoms with Crippen LogP contribution in [0.25, 0.3) is 0 Å². The van der Waals surface area contributed by atoms with E-state index in [-0.39, 0.29) is 0 Å². The van der Waals surface area contributed by atoms with Crippen LogP contribution in [0.5, 0.6) is 0 Å². The summed E-state index contributed by atoms with van der Waals surface area (Å²) in [5, 5.41) is 0. The number of fused-ring (bicyclic) bond motifs is 1. The third-order valence-corrected chi connectivity index (χ3v) is 4.89. The Kier molecular flexibility index (Phi) is 2.11. The van der Waals surface area contributed by atoms with E-state index < -0.39 is 0 Å².